The molecule has 5 nitrogen and oxygen atoms in total. The molecule has 20 heavy (non-hydrogen) atoms. The van der Waals surface area contributed by atoms with Gasteiger partial charge in [-0.25, -0.2) is 15.0 Å². The highest BCUT2D eigenvalue weighted by atomic mass is 15.1. The van der Waals surface area contributed by atoms with Gasteiger partial charge in [-0.3, -0.25) is 0 Å². The van der Waals surface area contributed by atoms with Crippen molar-refractivity contribution in [2.24, 2.45) is 0 Å². The van der Waals surface area contributed by atoms with Crippen molar-refractivity contribution in [2.45, 2.75) is 25.8 Å². The summed E-state index contributed by atoms with van der Waals surface area (Å²) in [5.41, 5.74) is 9.99. The number of nitrogens with two attached hydrogens (primary N) is 1. The van der Waals surface area contributed by atoms with Gasteiger partial charge in [0, 0.05) is 18.4 Å². The highest BCUT2D eigenvalue weighted by Crippen LogP contribution is 2.41. The third kappa shape index (κ3) is 1.66. The zero-order chi connectivity index (χ0) is 13.7. The Balaban J connectivity index is 2.03. The van der Waals surface area contributed by atoms with Crippen LogP contribution in [0.5, 0.6) is 0 Å². The number of nitrogen functional groups attached to an aromatic ring is 1. The molecular weight excluding hydrogens is 250 g/mol. The first-order valence-corrected chi connectivity index (χ1v) is 6.79. The molecule has 5 heteroatoms. The molecule has 2 heterocycles. The molecule has 1 aliphatic carbocycles. The van der Waals surface area contributed by atoms with Gasteiger partial charge in [0.2, 0.25) is 0 Å². The summed E-state index contributed by atoms with van der Waals surface area (Å²) in [6.45, 7) is 2.08. The first-order valence-electron chi connectivity index (χ1n) is 6.79. The van der Waals surface area contributed by atoms with E-state index in [0.717, 1.165) is 16.9 Å². The van der Waals surface area contributed by atoms with Gasteiger partial charge in [0.1, 0.15) is 5.69 Å². The van der Waals surface area contributed by atoms with E-state index in [0.29, 0.717) is 17.6 Å². The number of rotatable bonds is 2. The van der Waals surface area contributed by atoms with Crippen LogP contribution < -0.4 is 5.73 Å². The van der Waals surface area contributed by atoms with Crippen LogP contribution in [0.15, 0.2) is 30.6 Å². The van der Waals surface area contributed by atoms with Crippen molar-refractivity contribution < 1.29 is 0 Å². The molecule has 1 fully saturated rings. The second kappa shape index (κ2) is 4.03. The number of anilines is 1. The number of hydrogen-bond acceptors (Lipinski definition) is 4. The summed E-state index contributed by atoms with van der Waals surface area (Å²) in [5, 5.41) is 0. The summed E-state index contributed by atoms with van der Waals surface area (Å²) in [4.78, 5) is 13.2. The van der Waals surface area contributed by atoms with E-state index in [9.17, 15) is 0 Å². The molecule has 100 valence electrons. The molecule has 0 unspecified atom stereocenters. The maximum Gasteiger partial charge on any atom is 0.163 e. The molecule has 1 saturated carbocycles. The Hall–Kier alpha value is -2.43. The summed E-state index contributed by atoms with van der Waals surface area (Å²) >= 11 is 0. The lowest BCUT2D eigenvalue weighted by atomic mass is 10.2. The predicted octanol–water partition coefficient (Wildman–Crippen LogP) is 2.72. The average molecular weight is 265 g/mol. The predicted molar refractivity (Wildman–Crippen MR) is 78.2 cm³/mol. The van der Waals surface area contributed by atoms with Crippen molar-refractivity contribution in [1.29, 1.82) is 0 Å². The molecule has 3 aromatic rings. The molecule has 1 aromatic carbocycles. The summed E-state index contributed by atoms with van der Waals surface area (Å²) in [6, 6.07) is 6.86. The third-order valence-electron chi connectivity index (χ3n) is 3.70. The van der Waals surface area contributed by atoms with E-state index in [2.05, 4.69) is 39.7 Å². The summed E-state index contributed by atoms with van der Waals surface area (Å²) < 4.78 is 2.26. The zero-order valence-corrected chi connectivity index (χ0v) is 11.2. The van der Waals surface area contributed by atoms with Gasteiger partial charge < -0.3 is 10.3 Å². The second-order valence-corrected chi connectivity index (χ2v) is 5.32. The Bertz CT molecular complexity index is 801. The highest BCUT2D eigenvalue weighted by Gasteiger charge is 2.29. The van der Waals surface area contributed by atoms with E-state index in [1.165, 1.54) is 18.4 Å². The molecule has 0 radical (unpaired) electrons. The standard InChI is InChI=1S/C15H15N5/c1-9-2-5-12-11(8-9)19-15(20(12)10-3-4-10)13-14(16)18-7-6-17-13/h2,5-8,10H,3-4H2,1H3,(H2,16,18). The van der Waals surface area contributed by atoms with Crippen LogP contribution in [-0.2, 0) is 0 Å². The summed E-state index contributed by atoms with van der Waals surface area (Å²) in [6.07, 6.45) is 5.64. The molecule has 4 rings (SSSR count). The van der Waals surface area contributed by atoms with Crippen LogP contribution in [0.1, 0.15) is 24.4 Å². The van der Waals surface area contributed by atoms with Crippen LogP contribution in [0.2, 0.25) is 0 Å². The van der Waals surface area contributed by atoms with E-state index in [4.69, 9.17) is 10.7 Å². The van der Waals surface area contributed by atoms with Crippen LogP contribution in [0.4, 0.5) is 5.82 Å². The molecule has 0 saturated heterocycles. The smallest absolute Gasteiger partial charge is 0.163 e. The summed E-state index contributed by atoms with van der Waals surface area (Å²) in [5.74, 6) is 1.26. The number of nitrogens with zero attached hydrogens (tertiary/aromatic N) is 4. The van der Waals surface area contributed by atoms with Crippen molar-refractivity contribution in [3.63, 3.8) is 0 Å². The molecule has 0 bridgehead atoms. The van der Waals surface area contributed by atoms with Gasteiger partial charge in [0.25, 0.3) is 0 Å². The zero-order valence-electron chi connectivity index (χ0n) is 11.2. The molecule has 0 atom stereocenters. The average Bonchev–Trinajstić information content (AvgIpc) is 3.20. The van der Waals surface area contributed by atoms with Crippen LogP contribution in [0.3, 0.4) is 0 Å². The molecule has 0 spiro atoms. The fourth-order valence-electron chi connectivity index (χ4n) is 2.60. The monoisotopic (exact) mass is 265 g/mol. The maximum atomic E-state index is 5.97. The number of aromatic nitrogens is 4. The number of imidazole rings is 1. The van der Waals surface area contributed by atoms with Crippen molar-refractivity contribution in [2.75, 3.05) is 5.73 Å². The lowest BCUT2D eigenvalue weighted by Crippen LogP contribution is -2.03. The fourth-order valence-corrected chi connectivity index (χ4v) is 2.60. The van der Waals surface area contributed by atoms with Crippen LogP contribution in [0.25, 0.3) is 22.6 Å². The topological polar surface area (TPSA) is 69.6 Å². The lowest BCUT2D eigenvalue weighted by Gasteiger charge is -2.08. The Morgan fingerprint density at radius 3 is 2.75 bits per heavy atom. The van der Waals surface area contributed by atoms with Gasteiger partial charge in [-0.1, -0.05) is 6.07 Å². The van der Waals surface area contributed by atoms with Gasteiger partial charge in [-0.05, 0) is 37.5 Å². The third-order valence-corrected chi connectivity index (χ3v) is 3.70. The molecule has 2 N–H and O–H groups in total. The highest BCUT2D eigenvalue weighted by molar-refractivity contribution is 5.82. The maximum absolute atomic E-state index is 5.97. The number of fused-ring (bicyclic) bond motifs is 1. The molecular formula is C15H15N5. The molecule has 1 aliphatic rings. The normalized spacial score (nSPS) is 14.8. The molecule has 2 aromatic heterocycles. The van der Waals surface area contributed by atoms with Crippen molar-refractivity contribution >= 4 is 16.9 Å². The lowest BCUT2D eigenvalue weighted by molar-refractivity contribution is 0.772. The minimum absolute atomic E-state index is 0.432. The molecule has 0 amide bonds. The Morgan fingerprint density at radius 2 is 2.00 bits per heavy atom. The number of aryl methyl sites for hydroxylation is 1. The van der Waals surface area contributed by atoms with Crippen LogP contribution in [-0.4, -0.2) is 19.5 Å². The van der Waals surface area contributed by atoms with Crippen molar-refractivity contribution in [3.8, 4) is 11.5 Å². The Labute approximate surface area is 116 Å². The van der Waals surface area contributed by atoms with Gasteiger partial charge >= 0.3 is 0 Å². The van der Waals surface area contributed by atoms with Gasteiger partial charge in [-0.2, -0.15) is 0 Å². The number of benzene rings is 1. The number of hydrogen-bond donors (Lipinski definition) is 1. The quantitative estimate of drug-likeness (QED) is 0.773. The van der Waals surface area contributed by atoms with E-state index in [1.807, 2.05) is 0 Å². The Morgan fingerprint density at radius 1 is 1.20 bits per heavy atom. The minimum atomic E-state index is 0.432. The van der Waals surface area contributed by atoms with Crippen molar-refractivity contribution in [1.82, 2.24) is 19.5 Å². The first-order chi connectivity index (χ1) is 9.74. The second-order valence-electron chi connectivity index (χ2n) is 5.32. The summed E-state index contributed by atoms with van der Waals surface area (Å²) in [7, 11) is 0. The van der Waals surface area contributed by atoms with E-state index in [1.54, 1.807) is 12.4 Å². The van der Waals surface area contributed by atoms with E-state index in [-0.39, 0.29) is 0 Å². The SMILES string of the molecule is Cc1ccc2c(c1)nc(-c1nccnc1N)n2C1CC1. The first kappa shape index (κ1) is 11.4. The van der Waals surface area contributed by atoms with Gasteiger partial charge in [0.15, 0.2) is 11.6 Å². The fraction of sp³-hybridized carbons (Fsp3) is 0.267. The minimum Gasteiger partial charge on any atom is -0.382 e. The van der Waals surface area contributed by atoms with E-state index < -0.39 is 0 Å². The van der Waals surface area contributed by atoms with E-state index >= 15 is 0 Å². The van der Waals surface area contributed by atoms with Crippen LogP contribution in [0, 0.1) is 6.92 Å². The Kier molecular flexibility index (Phi) is 2.30. The van der Waals surface area contributed by atoms with Gasteiger partial charge in [-0.15, -0.1) is 0 Å². The van der Waals surface area contributed by atoms with Crippen molar-refractivity contribution in [3.05, 3.63) is 36.2 Å². The largest absolute Gasteiger partial charge is 0.382 e. The molecule has 0 aliphatic heterocycles. The van der Waals surface area contributed by atoms with Crippen LogP contribution >= 0.6 is 0 Å². The van der Waals surface area contributed by atoms with Gasteiger partial charge in [0.05, 0.1) is 11.0 Å².